The van der Waals surface area contributed by atoms with E-state index < -0.39 is 0 Å². The standard InChI is InChI=1S/C16H19N.C2H6/c1-12(2)16(17-3)11-13-8-9-14-6-4-5-7-15(14)10-13;1-2/h4-10,16-17H,1,11H2,2-3H3;1-2H3. The van der Waals surface area contributed by atoms with Gasteiger partial charge in [0.2, 0.25) is 0 Å². The summed E-state index contributed by atoms with van der Waals surface area (Å²) in [5.74, 6) is 0. The number of hydrogen-bond donors (Lipinski definition) is 1. The first-order chi connectivity index (χ1) is 9.20. The van der Waals surface area contributed by atoms with Gasteiger partial charge < -0.3 is 5.32 Å². The Morgan fingerprint density at radius 3 is 2.32 bits per heavy atom. The van der Waals surface area contributed by atoms with Crippen LogP contribution < -0.4 is 5.32 Å². The molecule has 0 heterocycles. The summed E-state index contributed by atoms with van der Waals surface area (Å²) in [6.07, 6.45) is 0.997. The van der Waals surface area contributed by atoms with Gasteiger partial charge in [-0.05, 0) is 36.7 Å². The second kappa shape index (κ2) is 7.75. The lowest BCUT2D eigenvalue weighted by Gasteiger charge is -2.16. The second-order valence-corrected chi connectivity index (χ2v) is 4.57. The van der Waals surface area contributed by atoms with Gasteiger partial charge in [0.05, 0.1) is 0 Å². The van der Waals surface area contributed by atoms with Crippen molar-refractivity contribution in [1.82, 2.24) is 5.32 Å². The molecule has 1 unspecified atom stereocenters. The maximum absolute atomic E-state index is 4.02. The molecule has 0 spiro atoms. The van der Waals surface area contributed by atoms with Gasteiger partial charge in [0.15, 0.2) is 0 Å². The van der Waals surface area contributed by atoms with E-state index in [0.29, 0.717) is 6.04 Å². The van der Waals surface area contributed by atoms with Gasteiger partial charge in [-0.3, -0.25) is 0 Å². The van der Waals surface area contributed by atoms with Crippen molar-refractivity contribution in [2.24, 2.45) is 0 Å². The molecule has 0 aromatic heterocycles. The molecule has 1 atom stereocenters. The molecule has 0 radical (unpaired) electrons. The molecule has 1 heteroatoms. The van der Waals surface area contributed by atoms with E-state index >= 15 is 0 Å². The van der Waals surface area contributed by atoms with Crippen molar-refractivity contribution in [3.63, 3.8) is 0 Å². The van der Waals surface area contributed by atoms with Crippen molar-refractivity contribution in [2.45, 2.75) is 33.2 Å². The van der Waals surface area contributed by atoms with Crippen molar-refractivity contribution in [3.8, 4) is 0 Å². The molecule has 0 bridgehead atoms. The Balaban J connectivity index is 0.000000861. The van der Waals surface area contributed by atoms with Gasteiger partial charge in [-0.2, -0.15) is 0 Å². The lowest BCUT2D eigenvalue weighted by Crippen LogP contribution is -2.28. The monoisotopic (exact) mass is 255 g/mol. The zero-order valence-electron chi connectivity index (χ0n) is 12.5. The van der Waals surface area contributed by atoms with Crippen molar-refractivity contribution in [3.05, 3.63) is 60.2 Å². The molecule has 0 aliphatic rings. The molecule has 2 aromatic rings. The number of fused-ring (bicyclic) bond motifs is 1. The van der Waals surface area contributed by atoms with Crippen LogP contribution in [0.15, 0.2) is 54.6 Å². The summed E-state index contributed by atoms with van der Waals surface area (Å²) in [4.78, 5) is 0. The van der Waals surface area contributed by atoms with Gasteiger partial charge in [-0.15, -0.1) is 0 Å². The Morgan fingerprint density at radius 2 is 1.74 bits per heavy atom. The Labute approximate surface area is 117 Å². The maximum Gasteiger partial charge on any atom is 0.0311 e. The van der Waals surface area contributed by atoms with Crippen LogP contribution >= 0.6 is 0 Å². The number of benzene rings is 2. The van der Waals surface area contributed by atoms with Crippen LogP contribution in [-0.4, -0.2) is 13.1 Å². The number of nitrogens with one attached hydrogen (secondary N) is 1. The normalized spacial score (nSPS) is 11.6. The van der Waals surface area contributed by atoms with Crippen molar-refractivity contribution < 1.29 is 0 Å². The smallest absolute Gasteiger partial charge is 0.0311 e. The summed E-state index contributed by atoms with van der Waals surface area (Å²) in [6, 6.07) is 15.5. The lowest BCUT2D eigenvalue weighted by atomic mass is 9.98. The Morgan fingerprint density at radius 1 is 1.11 bits per heavy atom. The topological polar surface area (TPSA) is 12.0 Å². The Bertz CT molecular complexity index is 528. The van der Waals surface area contributed by atoms with Crippen LogP contribution in [0.25, 0.3) is 10.8 Å². The number of likely N-dealkylation sites (N-methyl/N-ethyl adjacent to an activating group) is 1. The largest absolute Gasteiger partial charge is 0.313 e. The minimum Gasteiger partial charge on any atom is -0.313 e. The predicted molar refractivity (Wildman–Crippen MR) is 86.7 cm³/mol. The Kier molecular flexibility index (Phi) is 6.31. The quantitative estimate of drug-likeness (QED) is 0.789. The zero-order valence-corrected chi connectivity index (χ0v) is 12.5. The molecule has 0 saturated carbocycles. The SMILES string of the molecule is C=C(C)C(Cc1ccc2ccccc2c1)NC.CC. The van der Waals surface area contributed by atoms with Gasteiger partial charge in [-0.1, -0.05) is 68.5 Å². The van der Waals surface area contributed by atoms with E-state index in [1.165, 1.54) is 21.9 Å². The third-order valence-corrected chi connectivity index (χ3v) is 3.20. The molecule has 2 rings (SSSR count). The molecule has 0 aliphatic carbocycles. The molecular formula is C18H25N. The number of hydrogen-bond acceptors (Lipinski definition) is 1. The zero-order chi connectivity index (χ0) is 14.3. The average molecular weight is 255 g/mol. The summed E-state index contributed by atoms with van der Waals surface area (Å²) in [5, 5.41) is 5.90. The molecule has 102 valence electrons. The third kappa shape index (κ3) is 4.22. The van der Waals surface area contributed by atoms with E-state index in [-0.39, 0.29) is 0 Å². The highest BCUT2D eigenvalue weighted by atomic mass is 14.9. The minimum absolute atomic E-state index is 0.358. The summed E-state index contributed by atoms with van der Waals surface area (Å²) in [6.45, 7) is 10.1. The van der Waals surface area contributed by atoms with Crippen molar-refractivity contribution >= 4 is 10.8 Å². The van der Waals surface area contributed by atoms with Gasteiger partial charge in [0, 0.05) is 6.04 Å². The van der Waals surface area contributed by atoms with Gasteiger partial charge in [-0.25, -0.2) is 0 Å². The molecule has 2 aromatic carbocycles. The molecule has 1 nitrogen and oxygen atoms in total. The summed E-state index contributed by atoms with van der Waals surface area (Å²) < 4.78 is 0. The molecule has 1 N–H and O–H groups in total. The van der Waals surface area contributed by atoms with Crippen LogP contribution in [0.2, 0.25) is 0 Å². The fraction of sp³-hybridized carbons (Fsp3) is 0.333. The number of rotatable bonds is 4. The van der Waals surface area contributed by atoms with Crippen LogP contribution in [0.5, 0.6) is 0 Å². The Hall–Kier alpha value is -1.60. The molecule has 19 heavy (non-hydrogen) atoms. The van der Waals surface area contributed by atoms with Gasteiger partial charge >= 0.3 is 0 Å². The van der Waals surface area contributed by atoms with E-state index in [0.717, 1.165) is 6.42 Å². The summed E-state index contributed by atoms with van der Waals surface area (Å²) >= 11 is 0. The molecule has 0 amide bonds. The first-order valence-corrected chi connectivity index (χ1v) is 7.01. The molecule has 0 fully saturated rings. The average Bonchev–Trinajstić information content (AvgIpc) is 2.46. The van der Waals surface area contributed by atoms with Crippen LogP contribution in [0.4, 0.5) is 0 Å². The van der Waals surface area contributed by atoms with E-state index in [1.807, 2.05) is 20.9 Å². The lowest BCUT2D eigenvalue weighted by molar-refractivity contribution is 0.634. The second-order valence-electron chi connectivity index (χ2n) is 4.57. The van der Waals surface area contributed by atoms with Gasteiger partial charge in [0.25, 0.3) is 0 Å². The van der Waals surface area contributed by atoms with E-state index in [1.54, 1.807) is 0 Å². The van der Waals surface area contributed by atoms with Crippen molar-refractivity contribution in [2.75, 3.05) is 7.05 Å². The van der Waals surface area contributed by atoms with Crippen LogP contribution in [0.1, 0.15) is 26.3 Å². The first kappa shape index (κ1) is 15.5. The fourth-order valence-corrected chi connectivity index (χ4v) is 2.12. The third-order valence-electron chi connectivity index (χ3n) is 3.20. The molecular weight excluding hydrogens is 230 g/mol. The van der Waals surface area contributed by atoms with Gasteiger partial charge in [0.1, 0.15) is 0 Å². The van der Waals surface area contributed by atoms with E-state index in [2.05, 4.69) is 61.3 Å². The first-order valence-electron chi connectivity index (χ1n) is 7.01. The summed E-state index contributed by atoms with van der Waals surface area (Å²) in [7, 11) is 1.99. The molecule has 0 saturated heterocycles. The highest BCUT2D eigenvalue weighted by molar-refractivity contribution is 5.83. The highest BCUT2D eigenvalue weighted by Gasteiger charge is 2.07. The fourth-order valence-electron chi connectivity index (χ4n) is 2.12. The predicted octanol–water partition coefficient (Wildman–Crippen LogP) is 4.57. The molecule has 0 aliphatic heterocycles. The summed E-state index contributed by atoms with van der Waals surface area (Å²) in [5.41, 5.74) is 2.53. The van der Waals surface area contributed by atoms with Crippen LogP contribution in [0.3, 0.4) is 0 Å². The van der Waals surface area contributed by atoms with E-state index in [9.17, 15) is 0 Å². The highest BCUT2D eigenvalue weighted by Crippen LogP contribution is 2.17. The van der Waals surface area contributed by atoms with E-state index in [4.69, 9.17) is 0 Å². The van der Waals surface area contributed by atoms with Crippen LogP contribution in [0, 0.1) is 0 Å². The van der Waals surface area contributed by atoms with Crippen LogP contribution in [-0.2, 0) is 6.42 Å². The van der Waals surface area contributed by atoms with Crippen molar-refractivity contribution in [1.29, 1.82) is 0 Å². The maximum atomic E-state index is 4.02. The minimum atomic E-state index is 0.358.